The van der Waals surface area contributed by atoms with Crippen LogP contribution in [0.1, 0.15) is 56.7 Å². The van der Waals surface area contributed by atoms with E-state index in [-0.39, 0.29) is 5.69 Å². The molecular weight excluding hydrogens is 322 g/mol. The van der Waals surface area contributed by atoms with Crippen LogP contribution in [-0.4, -0.2) is 34.1 Å². The summed E-state index contributed by atoms with van der Waals surface area (Å²) >= 11 is 0. The number of benzene rings is 1. The SMILES string of the molecule is Cc1c(-c2ccccc2)[nH]c(=O)n1C1CCN(CC2CCCCC2)CC1. The number of nitrogens with zero attached hydrogens (tertiary/aromatic N) is 2. The van der Waals surface area contributed by atoms with Gasteiger partial charge in [-0.2, -0.15) is 0 Å². The lowest BCUT2D eigenvalue weighted by molar-refractivity contribution is 0.146. The molecule has 1 N–H and O–H groups in total. The molecule has 0 spiro atoms. The van der Waals surface area contributed by atoms with E-state index < -0.39 is 0 Å². The van der Waals surface area contributed by atoms with Crippen LogP contribution in [0.5, 0.6) is 0 Å². The molecule has 2 aromatic rings. The van der Waals surface area contributed by atoms with Crippen LogP contribution >= 0.6 is 0 Å². The third-order valence-electron chi connectivity index (χ3n) is 6.40. The van der Waals surface area contributed by atoms with Gasteiger partial charge in [0, 0.05) is 31.4 Å². The largest absolute Gasteiger partial charge is 0.326 e. The molecule has 2 fully saturated rings. The van der Waals surface area contributed by atoms with E-state index in [4.69, 9.17) is 0 Å². The lowest BCUT2D eigenvalue weighted by Crippen LogP contribution is -2.40. The van der Waals surface area contributed by atoms with E-state index in [1.54, 1.807) is 0 Å². The first kappa shape index (κ1) is 17.6. The van der Waals surface area contributed by atoms with Crippen LogP contribution in [0.3, 0.4) is 0 Å². The highest BCUT2D eigenvalue weighted by Gasteiger charge is 2.26. The quantitative estimate of drug-likeness (QED) is 0.887. The fourth-order valence-corrected chi connectivity index (χ4v) is 4.95. The number of piperidine rings is 1. The van der Waals surface area contributed by atoms with Crippen molar-refractivity contribution in [3.05, 3.63) is 46.5 Å². The number of hydrogen-bond acceptors (Lipinski definition) is 2. The van der Waals surface area contributed by atoms with Gasteiger partial charge in [0.2, 0.25) is 0 Å². The van der Waals surface area contributed by atoms with Crippen LogP contribution in [0.15, 0.2) is 35.1 Å². The molecule has 1 aromatic heterocycles. The topological polar surface area (TPSA) is 41.0 Å². The molecule has 1 aliphatic heterocycles. The van der Waals surface area contributed by atoms with Crippen molar-refractivity contribution in [1.29, 1.82) is 0 Å². The lowest BCUT2D eigenvalue weighted by Gasteiger charge is -2.35. The number of aromatic amines is 1. The van der Waals surface area contributed by atoms with Gasteiger partial charge in [-0.3, -0.25) is 4.57 Å². The van der Waals surface area contributed by atoms with E-state index in [0.29, 0.717) is 6.04 Å². The third-order valence-corrected chi connectivity index (χ3v) is 6.40. The van der Waals surface area contributed by atoms with E-state index >= 15 is 0 Å². The number of hydrogen-bond donors (Lipinski definition) is 1. The van der Waals surface area contributed by atoms with E-state index in [9.17, 15) is 4.79 Å². The van der Waals surface area contributed by atoms with Crippen molar-refractivity contribution in [2.45, 2.75) is 57.9 Å². The third kappa shape index (κ3) is 3.66. The van der Waals surface area contributed by atoms with E-state index in [0.717, 1.165) is 48.8 Å². The molecule has 0 unspecified atom stereocenters. The summed E-state index contributed by atoms with van der Waals surface area (Å²) in [7, 11) is 0. The molecule has 140 valence electrons. The molecule has 2 aliphatic rings. The molecule has 1 saturated heterocycles. The number of aromatic nitrogens is 2. The van der Waals surface area contributed by atoms with Gasteiger partial charge < -0.3 is 9.88 Å². The second-order valence-corrected chi connectivity index (χ2v) is 8.16. The fraction of sp³-hybridized carbons (Fsp3) is 0.591. The monoisotopic (exact) mass is 353 g/mol. The van der Waals surface area contributed by atoms with Crippen LogP contribution in [-0.2, 0) is 0 Å². The van der Waals surface area contributed by atoms with Crippen molar-refractivity contribution in [2.75, 3.05) is 19.6 Å². The number of nitrogens with one attached hydrogen (secondary N) is 1. The summed E-state index contributed by atoms with van der Waals surface area (Å²) < 4.78 is 2.01. The minimum Gasteiger partial charge on any atom is -0.305 e. The summed E-state index contributed by atoms with van der Waals surface area (Å²) in [4.78, 5) is 18.4. The number of H-pyrrole nitrogens is 1. The molecule has 0 atom stereocenters. The van der Waals surface area contributed by atoms with Crippen LogP contribution in [0.2, 0.25) is 0 Å². The molecule has 0 bridgehead atoms. The summed E-state index contributed by atoms with van der Waals surface area (Å²) in [5, 5.41) is 0. The molecule has 1 aromatic carbocycles. The zero-order valence-electron chi connectivity index (χ0n) is 15.9. The Morgan fingerprint density at radius 1 is 1.00 bits per heavy atom. The molecule has 26 heavy (non-hydrogen) atoms. The molecular formula is C22H31N3O. The van der Waals surface area contributed by atoms with Gasteiger partial charge in [0.25, 0.3) is 0 Å². The summed E-state index contributed by atoms with van der Waals surface area (Å²) in [5.74, 6) is 0.904. The van der Waals surface area contributed by atoms with Crippen molar-refractivity contribution in [3.63, 3.8) is 0 Å². The maximum absolute atomic E-state index is 12.6. The smallest absolute Gasteiger partial charge is 0.305 e. The standard InChI is InChI=1S/C22H31N3O/c1-17-21(19-10-6-3-7-11-19)23-22(26)25(17)20-12-14-24(15-13-20)16-18-8-4-2-5-9-18/h3,6-7,10-11,18,20H,2,4-5,8-9,12-16H2,1H3,(H,23,26). The zero-order valence-corrected chi connectivity index (χ0v) is 15.9. The average molecular weight is 354 g/mol. The Bertz CT molecular complexity index is 762. The van der Waals surface area contributed by atoms with Crippen LogP contribution in [0.4, 0.5) is 0 Å². The maximum Gasteiger partial charge on any atom is 0.326 e. The Balaban J connectivity index is 1.43. The molecule has 0 radical (unpaired) electrons. The normalized spacial score (nSPS) is 20.5. The van der Waals surface area contributed by atoms with Gasteiger partial charge in [-0.15, -0.1) is 0 Å². The van der Waals surface area contributed by atoms with Crippen molar-refractivity contribution < 1.29 is 0 Å². The fourth-order valence-electron chi connectivity index (χ4n) is 4.95. The average Bonchev–Trinajstić information content (AvgIpc) is 2.98. The Morgan fingerprint density at radius 3 is 2.38 bits per heavy atom. The summed E-state index contributed by atoms with van der Waals surface area (Å²) in [6.45, 7) is 5.59. The van der Waals surface area contributed by atoms with Gasteiger partial charge in [0.15, 0.2) is 0 Å². The van der Waals surface area contributed by atoms with Crippen molar-refractivity contribution in [2.24, 2.45) is 5.92 Å². The van der Waals surface area contributed by atoms with E-state index in [1.165, 1.54) is 38.6 Å². The van der Waals surface area contributed by atoms with Crippen molar-refractivity contribution >= 4 is 0 Å². The first-order valence-electron chi connectivity index (χ1n) is 10.3. The van der Waals surface area contributed by atoms with Crippen molar-refractivity contribution in [1.82, 2.24) is 14.5 Å². The first-order chi connectivity index (χ1) is 12.7. The number of rotatable bonds is 4. The molecule has 0 amide bonds. The molecule has 1 saturated carbocycles. The Labute approximate surface area is 156 Å². The summed E-state index contributed by atoms with van der Waals surface area (Å²) in [5.41, 5.74) is 3.19. The first-order valence-corrected chi connectivity index (χ1v) is 10.3. The number of likely N-dealkylation sites (tertiary alicyclic amines) is 1. The number of imidazole rings is 1. The maximum atomic E-state index is 12.6. The molecule has 4 heteroatoms. The van der Waals surface area contributed by atoms with Gasteiger partial charge in [0.05, 0.1) is 5.69 Å². The molecule has 1 aliphatic carbocycles. The van der Waals surface area contributed by atoms with Gasteiger partial charge in [0.1, 0.15) is 0 Å². The highest BCUT2D eigenvalue weighted by molar-refractivity contribution is 5.61. The van der Waals surface area contributed by atoms with Crippen LogP contribution < -0.4 is 5.69 Å². The van der Waals surface area contributed by atoms with Gasteiger partial charge in [-0.1, -0.05) is 49.6 Å². The Morgan fingerprint density at radius 2 is 1.69 bits per heavy atom. The van der Waals surface area contributed by atoms with Crippen LogP contribution in [0.25, 0.3) is 11.3 Å². The van der Waals surface area contributed by atoms with Gasteiger partial charge >= 0.3 is 5.69 Å². The van der Waals surface area contributed by atoms with Crippen molar-refractivity contribution in [3.8, 4) is 11.3 Å². The molecule has 4 nitrogen and oxygen atoms in total. The lowest BCUT2D eigenvalue weighted by atomic mass is 9.88. The highest BCUT2D eigenvalue weighted by Crippen LogP contribution is 2.29. The minimum atomic E-state index is 0.0482. The second-order valence-electron chi connectivity index (χ2n) is 8.16. The van der Waals surface area contributed by atoms with Crippen LogP contribution in [0, 0.1) is 12.8 Å². The van der Waals surface area contributed by atoms with E-state index in [2.05, 4.69) is 28.9 Å². The second kappa shape index (κ2) is 7.83. The minimum absolute atomic E-state index is 0.0482. The summed E-state index contributed by atoms with van der Waals surface area (Å²) in [6, 6.07) is 10.5. The predicted molar refractivity (Wildman–Crippen MR) is 107 cm³/mol. The van der Waals surface area contributed by atoms with Gasteiger partial charge in [-0.05, 0) is 44.1 Å². The molecule has 4 rings (SSSR count). The Kier molecular flexibility index (Phi) is 5.30. The Hall–Kier alpha value is -1.81. The summed E-state index contributed by atoms with van der Waals surface area (Å²) in [6.07, 6.45) is 9.26. The zero-order chi connectivity index (χ0) is 17.9. The predicted octanol–water partition coefficient (Wildman–Crippen LogP) is 4.37. The molecule has 2 heterocycles. The van der Waals surface area contributed by atoms with Gasteiger partial charge in [-0.25, -0.2) is 4.79 Å². The highest BCUT2D eigenvalue weighted by atomic mass is 16.1. The van der Waals surface area contributed by atoms with E-state index in [1.807, 2.05) is 22.8 Å².